The summed E-state index contributed by atoms with van der Waals surface area (Å²) >= 11 is 0. The van der Waals surface area contributed by atoms with Crippen molar-refractivity contribution in [3.63, 3.8) is 0 Å². The number of ether oxygens (including phenoxy) is 1. The zero-order valence-electron chi connectivity index (χ0n) is 10.6. The van der Waals surface area contributed by atoms with Crippen molar-refractivity contribution in [3.05, 3.63) is 29.8 Å². The smallest absolute Gasteiger partial charge is 0.296 e. The first-order chi connectivity index (χ1) is 8.47. The average Bonchev–Trinajstić information content (AvgIpc) is 2.73. The van der Waals surface area contributed by atoms with Crippen LogP contribution in [0.3, 0.4) is 0 Å². The molecular weight excluding hydrogens is 252 g/mol. The molecule has 2 unspecified atom stereocenters. The minimum atomic E-state index is -3.64. The number of hydrogen-bond acceptors (Lipinski definition) is 4. The molecule has 2 rings (SSSR count). The third kappa shape index (κ3) is 3.31. The third-order valence-electron chi connectivity index (χ3n) is 3.05. The van der Waals surface area contributed by atoms with Crippen LogP contribution in [0.15, 0.2) is 29.2 Å². The standard InChI is InChI=1S/C13H18O4S/c1-10-3-5-13(6-4-10)18(14,15)17-9-12-7-11(2)16-8-12/h3-6,11-12H,7-9H2,1-2H3. The van der Waals surface area contributed by atoms with E-state index in [4.69, 9.17) is 8.92 Å². The molecule has 1 aliphatic rings. The van der Waals surface area contributed by atoms with Crippen molar-refractivity contribution in [2.24, 2.45) is 5.92 Å². The molecule has 0 aliphatic carbocycles. The molecule has 2 atom stereocenters. The van der Waals surface area contributed by atoms with Gasteiger partial charge in [-0.2, -0.15) is 8.42 Å². The fourth-order valence-corrected chi connectivity index (χ4v) is 2.96. The van der Waals surface area contributed by atoms with Crippen molar-refractivity contribution in [3.8, 4) is 0 Å². The number of hydrogen-bond donors (Lipinski definition) is 0. The van der Waals surface area contributed by atoms with Crippen molar-refractivity contribution in [2.45, 2.75) is 31.3 Å². The lowest BCUT2D eigenvalue weighted by atomic mass is 10.1. The quantitative estimate of drug-likeness (QED) is 0.786. The van der Waals surface area contributed by atoms with Crippen LogP contribution in [0.1, 0.15) is 18.9 Å². The summed E-state index contributed by atoms with van der Waals surface area (Å²) < 4.78 is 34.3. The summed E-state index contributed by atoms with van der Waals surface area (Å²) in [6.07, 6.45) is 1.05. The highest BCUT2D eigenvalue weighted by Gasteiger charge is 2.25. The van der Waals surface area contributed by atoms with Crippen molar-refractivity contribution in [2.75, 3.05) is 13.2 Å². The number of benzene rings is 1. The molecular formula is C13H18O4S. The molecule has 1 saturated heterocycles. The van der Waals surface area contributed by atoms with Crippen molar-refractivity contribution in [1.29, 1.82) is 0 Å². The Kier molecular flexibility index (Phi) is 4.04. The van der Waals surface area contributed by atoms with E-state index >= 15 is 0 Å². The van der Waals surface area contributed by atoms with Crippen molar-refractivity contribution < 1.29 is 17.3 Å². The first kappa shape index (κ1) is 13.5. The van der Waals surface area contributed by atoms with E-state index in [1.807, 2.05) is 13.8 Å². The molecule has 1 aliphatic heterocycles. The average molecular weight is 270 g/mol. The van der Waals surface area contributed by atoms with E-state index in [0.717, 1.165) is 12.0 Å². The Morgan fingerprint density at radius 2 is 2.00 bits per heavy atom. The van der Waals surface area contributed by atoms with Gasteiger partial charge in [0.05, 0.1) is 24.2 Å². The zero-order chi connectivity index (χ0) is 13.2. The summed E-state index contributed by atoms with van der Waals surface area (Å²) in [5.74, 6) is 0.167. The van der Waals surface area contributed by atoms with Crippen molar-refractivity contribution >= 4 is 10.1 Å². The Morgan fingerprint density at radius 1 is 1.33 bits per heavy atom. The van der Waals surface area contributed by atoms with E-state index < -0.39 is 10.1 Å². The fourth-order valence-electron chi connectivity index (χ4n) is 1.98. The summed E-state index contributed by atoms with van der Waals surface area (Å²) in [4.78, 5) is 0.208. The molecule has 0 aromatic heterocycles. The topological polar surface area (TPSA) is 52.6 Å². The zero-order valence-corrected chi connectivity index (χ0v) is 11.4. The molecule has 0 amide bonds. The molecule has 5 heteroatoms. The third-order valence-corrected chi connectivity index (χ3v) is 4.35. The normalized spacial score (nSPS) is 24.3. The van der Waals surface area contributed by atoms with E-state index in [-0.39, 0.29) is 23.5 Å². The van der Waals surface area contributed by atoms with Gasteiger partial charge in [0, 0.05) is 5.92 Å². The Hall–Kier alpha value is -0.910. The van der Waals surface area contributed by atoms with Crippen LogP contribution in [0.5, 0.6) is 0 Å². The predicted octanol–water partition coefficient (Wildman–Crippen LogP) is 2.13. The lowest BCUT2D eigenvalue weighted by Crippen LogP contribution is -2.15. The van der Waals surface area contributed by atoms with Crippen LogP contribution in [-0.4, -0.2) is 27.7 Å². The Balaban J connectivity index is 1.97. The summed E-state index contributed by atoms with van der Waals surface area (Å²) in [5, 5.41) is 0. The minimum Gasteiger partial charge on any atom is -0.378 e. The fraction of sp³-hybridized carbons (Fsp3) is 0.538. The summed E-state index contributed by atoms with van der Waals surface area (Å²) in [5.41, 5.74) is 1.02. The van der Waals surface area contributed by atoms with E-state index in [1.165, 1.54) is 0 Å². The number of aryl methyl sites for hydroxylation is 1. The maximum Gasteiger partial charge on any atom is 0.296 e. The first-order valence-corrected chi connectivity index (χ1v) is 7.46. The molecule has 0 spiro atoms. The van der Waals surface area contributed by atoms with Crippen LogP contribution < -0.4 is 0 Å². The monoisotopic (exact) mass is 270 g/mol. The van der Waals surface area contributed by atoms with Gasteiger partial charge in [0.1, 0.15) is 0 Å². The summed E-state index contributed by atoms with van der Waals surface area (Å²) in [6, 6.07) is 6.66. The van der Waals surface area contributed by atoms with Gasteiger partial charge < -0.3 is 4.74 Å². The highest BCUT2D eigenvalue weighted by atomic mass is 32.2. The van der Waals surface area contributed by atoms with Crippen LogP contribution in [0.2, 0.25) is 0 Å². The van der Waals surface area contributed by atoms with Crippen LogP contribution in [-0.2, 0) is 19.0 Å². The molecule has 0 saturated carbocycles. The summed E-state index contributed by atoms with van der Waals surface area (Å²) in [6.45, 7) is 4.66. The molecule has 1 aromatic rings. The molecule has 100 valence electrons. The van der Waals surface area contributed by atoms with Gasteiger partial charge in [0.15, 0.2) is 0 Å². The van der Waals surface area contributed by atoms with Gasteiger partial charge >= 0.3 is 0 Å². The predicted molar refractivity (Wildman–Crippen MR) is 67.8 cm³/mol. The van der Waals surface area contributed by atoms with Gasteiger partial charge in [-0.3, -0.25) is 4.18 Å². The lowest BCUT2D eigenvalue weighted by Gasteiger charge is -2.09. The van der Waals surface area contributed by atoms with Crippen LogP contribution in [0, 0.1) is 12.8 Å². The Bertz CT molecular complexity index is 492. The molecule has 4 nitrogen and oxygen atoms in total. The first-order valence-electron chi connectivity index (χ1n) is 6.05. The minimum absolute atomic E-state index is 0.167. The van der Waals surface area contributed by atoms with E-state index in [0.29, 0.717) is 6.61 Å². The van der Waals surface area contributed by atoms with Gasteiger partial charge in [0.2, 0.25) is 0 Å². The largest absolute Gasteiger partial charge is 0.378 e. The highest BCUT2D eigenvalue weighted by molar-refractivity contribution is 7.86. The molecule has 1 fully saturated rings. The molecule has 1 heterocycles. The second-order valence-corrected chi connectivity index (χ2v) is 6.41. The molecule has 0 N–H and O–H groups in total. The second kappa shape index (κ2) is 5.38. The van der Waals surface area contributed by atoms with Gasteiger partial charge in [-0.1, -0.05) is 17.7 Å². The summed E-state index contributed by atoms with van der Waals surface area (Å²) in [7, 11) is -3.64. The second-order valence-electron chi connectivity index (χ2n) is 4.80. The number of rotatable bonds is 4. The Morgan fingerprint density at radius 3 is 2.56 bits per heavy atom. The van der Waals surface area contributed by atoms with Gasteiger partial charge in [-0.15, -0.1) is 0 Å². The Labute approximate surface area is 108 Å². The van der Waals surface area contributed by atoms with Crippen LogP contribution in [0.25, 0.3) is 0 Å². The molecule has 0 radical (unpaired) electrons. The van der Waals surface area contributed by atoms with Crippen LogP contribution >= 0.6 is 0 Å². The van der Waals surface area contributed by atoms with Gasteiger partial charge in [-0.05, 0) is 32.4 Å². The maximum atomic E-state index is 11.9. The van der Waals surface area contributed by atoms with E-state index in [1.54, 1.807) is 24.3 Å². The van der Waals surface area contributed by atoms with Crippen LogP contribution in [0.4, 0.5) is 0 Å². The lowest BCUT2D eigenvalue weighted by molar-refractivity contribution is 0.115. The molecule has 18 heavy (non-hydrogen) atoms. The van der Waals surface area contributed by atoms with Crippen molar-refractivity contribution in [1.82, 2.24) is 0 Å². The molecule has 1 aromatic carbocycles. The van der Waals surface area contributed by atoms with Gasteiger partial charge in [0.25, 0.3) is 10.1 Å². The SMILES string of the molecule is Cc1ccc(S(=O)(=O)OCC2COC(C)C2)cc1. The maximum absolute atomic E-state index is 11.9. The molecule has 0 bridgehead atoms. The highest BCUT2D eigenvalue weighted by Crippen LogP contribution is 2.21. The van der Waals surface area contributed by atoms with E-state index in [9.17, 15) is 8.42 Å². The van der Waals surface area contributed by atoms with Gasteiger partial charge in [-0.25, -0.2) is 0 Å². The van der Waals surface area contributed by atoms with E-state index in [2.05, 4.69) is 0 Å².